The third-order valence-electron chi connectivity index (χ3n) is 3.69. The molecule has 112 valence electrons. The quantitative estimate of drug-likeness (QED) is 0.530. The molecule has 3 aromatic heterocycles. The number of aldehydes is 1. The van der Waals surface area contributed by atoms with Gasteiger partial charge < -0.3 is 5.73 Å². The van der Waals surface area contributed by atoms with Gasteiger partial charge in [0.05, 0.1) is 21.1 Å². The van der Waals surface area contributed by atoms with Crippen LogP contribution in [0.4, 0.5) is 5.69 Å². The molecule has 2 N–H and O–H groups in total. The van der Waals surface area contributed by atoms with E-state index in [1.807, 2.05) is 47.8 Å². The Hall–Kier alpha value is -2.50. The highest BCUT2D eigenvalue weighted by Gasteiger charge is 2.17. The molecule has 0 saturated carbocycles. The van der Waals surface area contributed by atoms with Gasteiger partial charge in [-0.15, -0.1) is 22.7 Å². The molecule has 0 radical (unpaired) electrons. The van der Waals surface area contributed by atoms with Crippen LogP contribution < -0.4 is 5.73 Å². The minimum Gasteiger partial charge on any atom is -0.397 e. The van der Waals surface area contributed by atoms with Crippen LogP contribution in [0.5, 0.6) is 0 Å². The molecule has 0 fully saturated rings. The molecule has 4 rings (SSSR count). The first kappa shape index (κ1) is 14.1. The van der Waals surface area contributed by atoms with E-state index in [1.54, 1.807) is 11.3 Å². The van der Waals surface area contributed by atoms with E-state index in [0.717, 1.165) is 38.2 Å². The van der Waals surface area contributed by atoms with Gasteiger partial charge in [0.15, 0.2) is 6.29 Å². The third kappa shape index (κ3) is 2.34. The Kier molecular flexibility index (Phi) is 3.44. The van der Waals surface area contributed by atoms with E-state index in [9.17, 15) is 4.79 Å². The number of thiophene rings is 2. The highest BCUT2D eigenvalue weighted by Crippen LogP contribution is 2.41. The van der Waals surface area contributed by atoms with Gasteiger partial charge >= 0.3 is 0 Å². The maximum atomic E-state index is 11.3. The van der Waals surface area contributed by atoms with Crippen molar-refractivity contribution in [1.82, 2.24) is 4.98 Å². The normalized spacial score (nSPS) is 11.0. The van der Waals surface area contributed by atoms with Crippen molar-refractivity contribution in [2.45, 2.75) is 0 Å². The molecule has 3 heterocycles. The number of nitrogens with zero attached hydrogens (tertiary/aromatic N) is 1. The van der Waals surface area contributed by atoms with Crippen molar-refractivity contribution in [1.29, 1.82) is 0 Å². The van der Waals surface area contributed by atoms with Crippen LogP contribution in [0.1, 0.15) is 9.67 Å². The largest absolute Gasteiger partial charge is 0.397 e. The molecule has 3 nitrogen and oxygen atoms in total. The second-order valence-corrected chi connectivity index (χ2v) is 7.05. The van der Waals surface area contributed by atoms with Crippen LogP contribution in [0, 0.1) is 0 Å². The lowest BCUT2D eigenvalue weighted by Crippen LogP contribution is -1.91. The lowest BCUT2D eigenvalue weighted by molar-refractivity contribution is 0.112. The van der Waals surface area contributed by atoms with Gasteiger partial charge in [-0.25, -0.2) is 4.98 Å². The Morgan fingerprint density at radius 3 is 2.61 bits per heavy atom. The topological polar surface area (TPSA) is 56.0 Å². The number of nitrogens with two attached hydrogens (primary N) is 1. The first-order valence-electron chi connectivity index (χ1n) is 7.05. The van der Waals surface area contributed by atoms with Crippen molar-refractivity contribution in [2.24, 2.45) is 0 Å². The van der Waals surface area contributed by atoms with Crippen molar-refractivity contribution >= 4 is 44.9 Å². The summed E-state index contributed by atoms with van der Waals surface area (Å²) >= 11 is 2.99. The van der Waals surface area contributed by atoms with Crippen LogP contribution in [0.15, 0.2) is 53.9 Å². The first-order chi connectivity index (χ1) is 11.3. The van der Waals surface area contributed by atoms with E-state index in [0.29, 0.717) is 10.6 Å². The molecule has 0 saturated heterocycles. The number of hydrogen-bond donors (Lipinski definition) is 1. The number of pyridine rings is 1. The van der Waals surface area contributed by atoms with E-state index in [2.05, 4.69) is 6.07 Å². The molecule has 23 heavy (non-hydrogen) atoms. The minimum atomic E-state index is 0.518. The zero-order valence-electron chi connectivity index (χ0n) is 12.0. The molecule has 0 spiro atoms. The Balaban J connectivity index is 2.08. The molecule has 0 bridgehead atoms. The predicted molar refractivity (Wildman–Crippen MR) is 98.2 cm³/mol. The summed E-state index contributed by atoms with van der Waals surface area (Å²) in [7, 11) is 0. The summed E-state index contributed by atoms with van der Waals surface area (Å²) in [6.07, 6.45) is 0.807. The molecule has 1 aromatic carbocycles. The van der Waals surface area contributed by atoms with Gasteiger partial charge in [0.1, 0.15) is 4.83 Å². The summed E-state index contributed by atoms with van der Waals surface area (Å²) in [6, 6.07) is 16.2. The second kappa shape index (κ2) is 5.61. The summed E-state index contributed by atoms with van der Waals surface area (Å²) in [5.74, 6) is 0. The molecule has 0 aliphatic heterocycles. The number of carbonyl (C=O) groups is 1. The van der Waals surface area contributed by atoms with Gasteiger partial charge in [-0.05, 0) is 28.6 Å². The van der Waals surface area contributed by atoms with E-state index in [-0.39, 0.29) is 0 Å². The molecule has 0 unspecified atom stereocenters. The van der Waals surface area contributed by atoms with E-state index < -0.39 is 0 Å². The van der Waals surface area contributed by atoms with Crippen LogP contribution >= 0.6 is 22.7 Å². The Labute approximate surface area is 141 Å². The number of rotatable bonds is 3. The lowest BCUT2D eigenvalue weighted by atomic mass is 10.0. The minimum absolute atomic E-state index is 0.518. The van der Waals surface area contributed by atoms with Crippen LogP contribution in [0.3, 0.4) is 0 Å². The Bertz CT molecular complexity index is 989. The van der Waals surface area contributed by atoms with Crippen LogP contribution in [-0.2, 0) is 0 Å². The molecule has 4 aromatic rings. The number of fused-ring (bicyclic) bond motifs is 1. The zero-order chi connectivity index (χ0) is 15.8. The fourth-order valence-electron chi connectivity index (χ4n) is 2.62. The van der Waals surface area contributed by atoms with Crippen molar-refractivity contribution in [3.05, 3.63) is 58.8 Å². The lowest BCUT2D eigenvalue weighted by Gasteiger charge is -2.07. The van der Waals surface area contributed by atoms with Crippen LogP contribution in [0.2, 0.25) is 0 Å². The van der Waals surface area contributed by atoms with Crippen molar-refractivity contribution in [3.63, 3.8) is 0 Å². The SMILES string of the molecule is Nc1c(C=O)sc2nc(-c3cccs3)cc(-c3ccccc3)c12. The fourth-order valence-corrected chi connectivity index (χ4v) is 4.24. The average Bonchev–Trinajstić information content (AvgIpc) is 3.23. The van der Waals surface area contributed by atoms with Gasteiger partial charge in [0, 0.05) is 5.39 Å². The monoisotopic (exact) mass is 336 g/mol. The Morgan fingerprint density at radius 2 is 1.91 bits per heavy atom. The third-order valence-corrected chi connectivity index (χ3v) is 5.61. The van der Waals surface area contributed by atoms with Gasteiger partial charge in [0.25, 0.3) is 0 Å². The molecule has 0 amide bonds. The number of benzene rings is 1. The van der Waals surface area contributed by atoms with Crippen LogP contribution in [0.25, 0.3) is 31.9 Å². The fraction of sp³-hybridized carbons (Fsp3) is 0. The number of carbonyl (C=O) groups excluding carboxylic acids is 1. The van der Waals surface area contributed by atoms with Crippen molar-refractivity contribution < 1.29 is 4.79 Å². The molecule has 0 aliphatic carbocycles. The summed E-state index contributed by atoms with van der Waals surface area (Å²) < 4.78 is 0. The molecule has 0 aliphatic rings. The summed E-state index contributed by atoms with van der Waals surface area (Å²) in [5.41, 5.74) is 9.71. The maximum Gasteiger partial charge on any atom is 0.162 e. The summed E-state index contributed by atoms with van der Waals surface area (Å²) in [6.45, 7) is 0. The zero-order valence-corrected chi connectivity index (χ0v) is 13.7. The molecule has 0 atom stereocenters. The van der Waals surface area contributed by atoms with Gasteiger partial charge in [-0.3, -0.25) is 4.79 Å². The smallest absolute Gasteiger partial charge is 0.162 e. The summed E-state index contributed by atoms with van der Waals surface area (Å²) in [4.78, 5) is 18.4. The maximum absolute atomic E-state index is 11.3. The standard InChI is InChI=1S/C18H12N2OS2/c19-17-15(10-21)23-18-16(17)12(11-5-2-1-3-6-11)9-13(20-18)14-7-4-8-22-14/h1-10H,19H2. The van der Waals surface area contributed by atoms with E-state index >= 15 is 0 Å². The number of aromatic nitrogens is 1. The molecular weight excluding hydrogens is 324 g/mol. The Morgan fingerprint density at radius 1 is 1.09 bits per heavy atom. The molecular formula is C18H12N2OS2. The van der Waals surface area contributed by atoms with Crippen molar-refractivity contribution in [3.8, 4) is 21.7 Å². The molecule has 5 heteroatoms. The van der Waals surface area contributed by atoms with E-state index in [4.69, 9.17) is 10.7 Å². The number of nitrogen functional groups attached to an aromatic ring is 1. The van der Waals surface area contributed by atoms with E-state index in [1.165, 1.54) is 11.3 Å². The number of hydrogen-bond acceptors (Lipinski definition) is 5. The second-order valence-electron chi connectivity index (χ2n) is 5.08. The van der Waals surface area contributed by atoms with Crippen molar-refractivity contribution in [2.75, 3.05) is 5.73 Å². The first-order valence-corrected chi connectivity index (χ1v) is 8.75. The average molecular weight is 336 g/mol. The van der Waals surface area contributed by atoms with Crippen LogP contribution in [-0.4, -0.2) is 11.3 Å². The highest BCUT2D eigenvalue weighted by molar-refractivity contribution is 7.21. The number of anilines is 1. The highest BCUT2D eigenvalue weighted by atomic mass is 32.1. The van der Waals surface area contributed by atoms with Gasteiger partial charge in [-0.2, -0.15) is 0 Å². The van der Waals surface area contributed by atoms with Gasteiger partial charge in [-0.1, -0.05) is 36.4 Å². The summed E-state index contributed by atoms with van der Waals surface area (Å²) in [5, 5.41) is 2.90. The van der Waals surface area contributed by atoms with Gasteiger partial charge in [0.2, 0.25) is 0 Å². The predicted octanol–water partition coefficient (Wildman–Crippen LogP) is 5.09.